The van der Waals surface area contributed by atoms with Crippen LogP contribution in [0.4, 0.5) is 0 Å². The highest BCUT2D eigenvalue weighted by molar-refractivity contribution is 5.97. The quantitative estimate of drug-likeness (QED) is 0.760. The predicted octanol–water partition coefficient (Wildman–Crippen LogP) is 4.23. The SMILES string of the molecule is CCCCNC(=O)c1cc2c(cc1OC)[C@@]1(C)CC[C@H](O)C(C)(C)[C@@H]1CC2. The maximum absolute atomic E-state index is 12.7. The fourth-order valence-electron chi connectivity index (χ4n) is 5.53. The van der Waals surface area contributed by atoms with Gasteiger partial charge in [0, 0.05) is 6.54 Å². The van der Waals surface area contributed by atoms with E-state index in [1.165, 1.54) is 11.1 Å². The number of nitrogens with one attached hydrogen (secondary N) is 1. The van der Waals surface area contributed by atoms with Crippen molar-refractivity contribution in [2.75, 3.05) is 13.7 Å². The molecule has 0 spiro atoms. The summed E-state index contributed by atoms with van der Waals surface area (Å²) < 4.78 is 5.63. The van der Waals surface area contributed by atoms with Crippen molar-refractivity contribution in [2.45, 2.75) is 77.7 Å². The molecule has 0 heterocycles. The average molecular weight is 374 g/mol. The molecule has 1 aromatic carbocycles. The molecule has 4 nitrogen and oxygen atoms in total. The van der Waals surface area contributed by atoms with Crippen molar-refractivity contribution in [3.63, 3.8) is 0 Å². The van der Waals surface area contributed by atoms with Gasteiger partial charge in [0.05, 0.1) is 18.8 Å². The lowest BCUT2D eigenvalue weighted by atomic mass is 9.49. The van der Waals surface area contributed by atoms with Gasteiger partial charge in [0.1, 0.15) is 5.75 Å². The molecule has 3 rings (SSSR count). The number of carbonyl (C=O) groups is 1. The Kier molecular flexibility index (Phi) is 5.58. The number of benzene rings is 1. The molecule has 1 saturated carbocycles. The molecule has 3 atom stereocenters. The van der Waals surface area contributed by atoms with Crippen molar-refractivity contribution in [3.8, 4) is 5.75 Å². The number of carbonyl (C=O) groups excluding carboxylic acids is 1. The second-order valence-electron chi connectivity index (χ2n) is 9.20. The van der Waals surface area contributed by atoms with Crippen LogP contribution in [0.3, 0.4) is 0 Å². The molecule has 27 heavy (non-hydrogen) atoms. The van der Waals surface area contributed by atoms with Gasteiger partial charge in [-0.2, -0.15) is 0 Å². The molecule has 0 aliphatic heterocycles. The Bertz CT molecular complexity index is 712. The van der Waals surface area contributed by atoms with Gasteiger partial charge < -0.3 is 15.2 Å². The molecule has 2 N–H and O–H groups in total. The van der Waals surface area contributed by atoms with E-state index in [0.717, 1.165) is 38.5 Å². The summed E-state index contributed by atoms with van der Waals surface area (Å²) in [6.07, 6.45) is 5.59. The number of hydrogen-bond acceptors (Lipinski definition) is 3. The molecule has 2 aliphatic carbocycles. The first-order chi connectivity index (χ1) is 12.8. The van der Waals surface area contributed by atoms with E-state index >= 15 is 0 Å². The van der Waals surface area contributed by atoms with Crippen LogP contribution in [-0.4, -0.2) is 30.8 Å². The van der Waals surface area contributed by atoms with E-state index in [9.17, 15) is 9.90 Å². The second kappa shape index (κ2) is 7.46. The lowest BCUT2D eigenvalue weighted by molar-refractivity contribution is -0.0731. The van der Waals surface area contributed by atoms with E-state index in [0.29, 0.717) is 23.8 Å². The number of aliphatic hydroxyl groups excluding tert-OH is 1. The van der Waals surface area contributed by atoms with Crippen LogP contribution in [-0.2, 0) is 11.8 Å². The Labute approximate surface area is 163 Å². The Hall–Kier alpha value is -1.55. The summed E-state index contributed by atoms with van der Waals surface area (Å²) in [7, 11) is 1.64. The molecule has 150 valence electrons. The van der Waals surface area contributed by atoms with Crippen LogP contribution in [0, 0.1) is 11.3 Å². The fourth-order valence-corrected chi connectivity index (χ4v) is 5.53. The molecular weight excluding hydrogens is 338 g/mol. The third kappa shape index (κ3) is 3.37. The first kappa shape index (κ1) is 20.2. The van der Waals surface area contributed by atoms with E-state index in [1.807, 2.05) is 0 Å². The number of fused-ring (bicyclic) bond motifs is 3. The van der Waals surface area contributed by atoms with Gasteiger partial charge in [0.25, 0.3) is 5.91 Å². The number of aliphatic hydroxyl groups is 1. The smallest absolute Gasteiger partial charge is 0.255 e. The number of hydrogen-bond donors (Lipinski definition) is 2. The Morgan fingerprint density at radius 1 is 1.30 bits per heavy atom. The van der Waals surface area contributed by atoms with E-state index in [1.54, 1.807) is 7.11 Å². The summed E-state index contributed by atoms with van der Waals surface area (Å²) in [5.41, 5.74) is 3.13. The van der Waals surface area contributed by atoms with E-state index in [4.69, 9.17) is 4.74 Å². The molecule has 1 amide bonds. The molecule has 0 bridgehead atoms. The second-order valence-corrected chi connectivity index (χ2v) is 9.20. The van der Waals surface area contributed by atoms with E-state index < -0.39 is 0 Å². The first-order valence-corrected chi connectivity index (χ1v) is 10.4. The number of ether oxygens (including phenoxy) is 1. The zero-order valence-corrected chi connectivity index (χ0v) is 17.5. The van der Waals surface area contributed by atoms with Gasteiger partial charge in [-0.05, 0) is 72.1 Å². The molecule has 1 aromatic rings. The van der Waals surface area contributed by atoms with Gasteiger partial charge >= 0.3 is 0 Å². The van der Waals surface area contributed by atoms with Crippen LogP contribution in [0.1, 0.15) is 81.3 Å². The van der Waals surface area contributed by atoms with Crippen LogP contribution >= 0.6 is 0 Å². The van der Waals surface area contributed by atoms with Crippen molar-refractivity contribution in [3.05, 3.63) is 28.8 Å². The number of methoxy groups -OCH3 is 1. The Morgan fingerprint density at radius 3 is 2.70 bits per heavy atom. The summed E-state index contributed by atoms with van der Waals surface area (Å²) in [5, 5.41) is 13.6. The molecule has 0 aromatic heterocycles. The van der Waals surface area contributed by atoms with Gasteiger partial charge in [-0.1, -0.05) is 34.1 Å². The number of rotatable bonds is 5. The summed E-state index contributed by atoms with van der Waals surface area (Å²) in [5.74, 6) is 1.04. The summed E-state index contributed by atoms with van der Waals surface area (Å²) >= 11 is 0. The predicted molar refractivity (Wildman–Crippen MR) is 108 cm³/mol. The van der Waals surface area contributed by atoms with Gasteiger partial charge in [-0.25, -0.2) is 0 Å². The molecule has 1 fully saturated rings. The lowest BCUT2D eigenvalue weighted by Gasteiger charge is -2.56. The molecule has 0 radical (unpaired) electrons. The molecule has 2 aliphatic rings. The molecular formula is C23H35NO3. The average Bonchev–Trinajstić information content (AvgIpc) is 2.64. The van der Waals surface area contributed by atoms with Crippen LogP contribution < -0.4 is 10.1 Å². The van der Waals surface area contributed by atoms with E-state index in [-0.39, 0.29) is 22.8 Å². The summed E-state index contributed by atoms with van der Waals surface area (Å²) in [6, 6.07) is 4.15. The lowest BCUT2D eigenvalue weighted by Crippen LogP contribution is -2.53. The topological polar surface area (TPSA) is 58.6 Å². The molecule has 0 unspecified atom stereocenters. The zero-order valence-electron chi connectivity index (χ0n) is 17.5. The molecule has 4 heteroatoms. The standard InChI is InChI=1S/C23H35NO3/c1-6-7-12-24-21(26)16-13-15-8-9-19-22(2,3)20(25)10-11-23(19,4)17(15)14-18(16)27-5/h13-14,19-20,25H,6-12H2,1-5H3,(H,24,26)/t19-,20-,23+/m0/s1. The van der Waals surface area contributed by atoms with E-state index in [2.05, 4.69) is 45.1 Å². The third-order valence-electron chi connectivity index (χ3n) is 7.27. The number of amides is 1. The third-order valence-corrected chi connectivity index (χ3v) is 7.27. The van der Waals surface area contributed by atoms with Gasteiger partial charge in [-0.3, -0.25) is 4.79 Å². The largest absolute Gasteiger partial charge is 0.496 e. The molecule has 0 saturated heterocycles. The van der Waals surface area contributed by atoms with Crippen LogP contribution in [0.25, 0.3) is 0 Å². The van der Waals surface area contributed by atoms with Crippen LogP contribution in [0.2, 0.25) is 0 Å². The summed E-state index contributed by atoms with van der Waals surface area (Å²) in [4.78, 5) is 12.7. The van der Waals surface area contributed by atoms with Gasteiger partial charge in [0.15, 0.2) is 0 Å². The van der Waals surface area contributed by atoms with Crippen molar-refractivity contribution < 1.29 is 14.6 Å². The highest BCUT2D eigenvalue weighted by Gasteiger charge is 2.53. The maximum atomic E-state index is 12.7. The number of aryl methyl sites for hydroxylation is 1. The summed E-state index contributed by atoms with van der Waals surface area (Å²) in [6.45, 7) is 9.56. The minimum absolute atomic E-state index is 0.0147. The van der Waals surface area contributed by atoms with Gasteiger partial charge in [0.2, 0.25) is 0 Å². The van der Waals surface area contributed by atoms with Crippen LogP contribution in [0.15, 0.2) is 12.1 Å². The van der Waals surface area contributed by atoms with Crippen molar-refractivity contribution in [1.29, 1.82) is 0 Å². The first-order valence-electron chi connectivity index (χ1n) is 10.4. The zero-order chi connectivity index (χ0) is 19.8. The Balaban J connectivity index is 1.99. The Morgan fingerprint density at radius 2 is 2.04 bits per heavy atom. The highest BCUT2D eigenvalue weighted by Crippen LogP contribution is 2.57. The monoisotopic (exact) mass is 373 g/mol. The van der Waals surface area contributed by atoms with Gasteiger partial charge in [-0.15, -0.1) is 0 Å². The minimum atomic E-state index is -0.248. The highest BCUT2D eigenvalue weighted by atomic mass is 16.5. The minimum Gasteiger partial charge on any atom is -0.496 e. The van der Waals surface area contributed by atoms with Crippen molar-refractivity contribution >= 4 is 5.91 Å². The van der Waals surface area contributed by atoms with Crippen LogP contribution in [0.5, 0.6) is 5.75 Å². The maximum Gasteiger partial charge on any atom is 0.255 e. The van der Waals surface area contributed by atoms with Crippen molar-refractivity contribution in [2.24, 2.45) is 11.3 Å². The normalized spacial score (nSPS) is 28.8. The van der Waals surface area contributed by atoms with Crippen molar-refractivity contribution in [1.82, 2.24) is 5.32 Å². The number of unbranched alkanes of at least 4 members (excludes halogenated alkanes) is 1. The fraction of sp³-hybridized carbons (Fsp3) is 0.696.